The Kier molecular flexibility index (Phi) is 5.76. The number of carbonyl (C=O) groups is 1. The Labute approximate surface area is 126 Å². The van der Waals surface area contributed by atoms with Gasteiger partial charge in [0.25, 0.3) is 6.43 Å². The van der Waals surface area contributed by atoms with Gasteiger partial charge in [-0.15, -0.1) is 0 Å². The zero-order chi connectivity index (χ0) is 16.1. The number of hydrogen-bond acceptors (Lipinski definition) is 2. The summed E-state index contributed by atoms with van der Waals surface area (Å²) in [6, 6.07) is 3.31. The van der Waals surface area contributed by atoms with E-state index in [9.17, 15) is 22.4 Å². The van der Waals surface area contributed by atoms with E-state index in [0.29, 0.717) is 31.6 Å². The van der Waals surface area contributed by atoms with Crippen LogP contribution in [-0.2, 0) is 11.3 Å². The van der Waals surface area contributed by atoms with Crippen LogP contribution < -0.4 is 5.32 Å². The second kappa shape index (κ2) is 7.58. The zero-order valence-corrected chi connectivity index (χ0v) is 12.0. The van der Waals surface area contributed by atoms with Crippen molar-refractivity contribution >= 4 is 5.91 Å². The molecule has 1 amide bonds. The number of halogens is 4. The number of carbonyl (C=O) groups excluding carboxylic acids is 1. The lowest BCUT2D eigenvalue weighted by Gasteiger charge is -2.32. The summed E-state index contributed by atoms with van der Waals surface area (Å²) in [5, 5.41) is 2.22. The van der Waals surface area contributed by atoms with E-state index in [2.05, 4.69) is 5.32 Å². The van der Waals surface area contributed by atoms with Crippen molar-refractivity contribution in [3.05, 3.63) is 35.4 Å². The molecule has 7 heteroatoms. The molecular weight excluding hydrogens is 300 g/mol. The van der Waals surface area contributed by atoms with Gasteiger partial charge in [-0.25, -0.2) is 17.6 Å². The van der Waals surface area contributed by atoms with Crippen LogP contribution in [0.4, 0.5) is 17.6 Å². The number of nitrogens with zero attached hydrogens (tertiary/aromatic N) is 1. The fraction of sp³-hybridized carbons (Fsp3) is 0.533. The van der Waals surface area contributed by atoms with Gasteiger partial charge in [-0.1, -0.05) is 0 Å². The molecule has 1 aromatic carbocycles. The largest absolute Gasteiger partial charge is 0.350 e. The van der Waals surface area contributed by atoms with Gasteiger partial charge in [0.15, 0.2) is 0 Å². The highest BCUT2D eigenvalue weighted by Gasteiger charge is 2.26. The zero-order valence-electron chi connectivity index (χ0n) is 12.0. The first kappa shape index (κ1) is 16.7. The first-order valence-electron chi connectivity index (χ1n) is 7.17. The van der Waals surface area contributed by atoms with E-state index in [4.69, 9.17) is 0 Å². The van der Waals surface area contributed by atoms with E-state index in [1.807, 2.05) is 4.90 Å². The third-order valence-corrected chi connectivity index (χ3v) is 3.64. The van der Waals surface area contributed by atoms with Gasteiger partial charge < -0.3 is 5.32 Å². The number of benzene rings is 1. The second-order valence-corrected chi connectivity index (χ2v) is 5.49. The second-order valence-electron chi connectivity index (χ2n) is 5.49. The highest BCUT2D eigenvalue weighted by molar-refractivity contribution is 5.78. The van der Waals surface area contributed by atoms with Gasteiger partial charge in [-0.05, 0) is 37.1 Å². The predicted octanol–water partition coefficient (Wildman–Crippen LogP) is 2.56. The first-order valence-corrected chi connectivity index (χ1v) is 7.17. The molecule has 1 unspecified atom stereocenters. The van der Waals surface area contributed by atoms with Crippen LogP contribution in [0.25, 0.3) is 0 Å². The molecule has 0 aliphatic carbocycles. The van der Waals surface area contributed by atoms with Crippen LogP contribution in [0.2, 0.25) is 0 Å². The molecule has 1 aliphatic heterocycles. The van der Waals surface area contributed by atoms with Crippen LogP contribution in [0.5, 0.6) is 0 Å². The van der Waals surface area contributed by atoms with Crippen molar-refractivity contribution in [2.24, 2.45) is 5.92 Å². The minimum atomic E-state index is -2.57. The fourth-order valence-corrected chi connectivity index (χ4v) is 2.70. The van der Waals surface area contributed by atoms with Crippen LogP contribution in [0.3, 0.4) is 0 Å². The summed E-state index contributed by atoms with van der Waals surface area (Å²) in [6.45, 7) is 0.779. The van der Waals surface area contributed by atoms with E-state index in [-0.39, 0.29) is 5.92 Å². The molecule has 22 heavy (non-hydrogen) atoms. The SMILES string of the molecule is O=C(NCC(F)F)C1CCCN(Cc2cc(F)cc(F)c2)C1. The smallest absolute Gasteiger partial charge is 0.255 e. The van der Waals surface area contributed by atoms with Crippen molar-refractivity contribution in [3.8, 4) is 0 Å². The number of amides is 1. The van der Waals surface area contributed by atoms with Gasteiger partial charge in [0.05, 0.1) is 12.5 Å². The Balaban J connectivity index is 1.91. The minimum absolute atomic E-state index is 0.327. The lowest BCUT2D eigenvalue weighted by Crippen LogP contribution is -2.43. The van der Waals surface area contributed by atoms with Gasteiger partial charge in [0.1, 0.15) is 11.6 Å². The summed E-state index contributed by atoms with van der Waals surface area (Å²) in [4.78, 5) is 13.7. The number of rotatable bonds is 5. The Morgan fingerprint density at radius 3 is 2.59 bits per heavy atom. The highest BCUT2D eigenvalue weighted by atomic mass is 19.3. The molecule has 1 fully saturated rings. The standard InChI is InChI=1S/C15H18F4N2O/c16-12-4-10(5-13(17)6-12)8-21-3-1-2-11(9-21)15(22)20-7-14(18)19/h4-6,11,14H,1-3,7-9H2,(H,20,22). The Bertz CT molecular complexity index is 504. The molecule has 1 heterocycles. The molecule has 3 nitrogen and oxygen atoms in total. The van der Waals surface area contributed by atoms with Crippen molar-refractivity contribution in [1.29, 1.82) is 0 Å². The van der Waals surface area contributed by atoms with E-state index in [0.717, 1.165) is 12.5 Å². The quantitative estimate of drug-likeness (QED) is 0.846. The molecule has 2 rings (SSSR count). The van der Waals surface area contributed by atoms with Crippen molar-refractivity contribution in [2.75, 3.05) is 19.6 Å². The summed E-state index contributed by atoms with van der Waals surface area (Å²) in [7, 11) is 0. The number of piperidine rings is 1. The number of likely N-dealkylation sites (tertiary alicyclic amines) is 1. The summed E-state index contributed by atoms with van der Waals surface area (Å²) in [5.41, 5.74) is 0.492. The monoisotopic (exact) mass is 318 g/mol. The minimum Gasteiger partial charge on any atom is -0.350 e. The van der Waals surface area contributed by atoms with Gasteiger partial charge in [-0.2, -0.15) is 0 Å². The van der Waals surface area contributed by atoms with E-state index < -0.39 is 30.5 Å². The Morgan fingerprint density at radius 2 is 1.95 bits per heavy atom. The Morgan fingerprint density at radius 1 is 1.27 bits per heavy atom. The lowest BCUT2D eigenvalue weighted by atomic mass is 9.96. The van der Waals surface area contributed by atoms with Gasteiger partial charge in [-0.3, -0.25) is 9.69 Å². The maximum atomic E-state index is 13.2. The normalized spacial score (nSPS) is 19.4. The molecule has 1 saturated heterocycles. The van der Waals surface area contributed by atoms with E-state index >= 15 is 0 Å². The summed E-state index contributed by atoms with van der Waals surface area (Å²) < 4.78 is 50.6. The summed E-state index contributed by atoms with van der Waals surface area (Å²) in [5.74, 6) is -2.04. The lowest BCUT2D eigenvalue weighted by molar-refractivity contribution is -0.127. The highest BCUT2D eigenvalue weighted by Crippen LogP contribution is 2.19. The van der Waals surface area contributed by atoms with Crippen LogP contribution in [0, 0.1) is 17.6 Å². The molecule has 1 aliphatic rings. The molecular formula is C15H18F4N2O. The third kappa shape index (κ3) is 4.98. The van der Waals surface area contributed by atoms with Crippen molar-refractivity contribution in [1.82, 2.24) is 10.2 Å². The van der Waals surface area contributed by atoms with Crippen LogP contribution in [0.15, 0.2) is 18.2 Å². The van der Waals surface area contributed by atoms with E-state index in [1.54, 1.807) is 0 Å². The Hall–Kier alpha value is -1.63. The molecule has 1 aromatic rings. The molecule has 0 aromatic heterocycles. The fourth-order valence-electron chi connectivity index (χ4n) is 2.70. The summed E-state index contributed by atoms with van der Waals surface area (Å²) >= 11 is 0. The molecule has 0 spiro atoms. The molecule has 1 atom stereocenters. The average Bonchev–Trinajstić information content (AvgIpc) is 2.44. The maximum Gasteiger partial charge on any atom is 0.255 e. The van der Waals surface area contributed by atoms with Crippen molar-refractivity contribution in [3.63, 3.8) is 0 Å². The van der Waals surface area contributed by atoms with Crippen LogP contribution >= 0.6 is 0 Å². The molecule has 122 valence electrons. The van der Waals surface area contributed by atoms with Gasteiger partial charge in [0, 0.05) is 19.2 Å². The van der Waals surface area contributed by atoms with Crippen LogP contribution in [-0.4, -0.2) is 36.9 Å². The molecule has 0 bridgehead atoms. The molecule has 1 N–H and O–H groups in total. The number of hydrogen-bond donors (Lipinski definition) is 1. The van der Waals surface area contributed by atoms with E-state index in [1.165, 1.54) is 12.1 Å². The maximum absolute atomic E-state index is 13.2. The van der Waals surface area contributed by atoms with Crippen molar-refractivity contribution in [2.45, 2.75) is 25.8 Å². The number of nitrogens with one attached hydrogen (secondary N) is 1. The summed E-state index contributed by atoms with van der Waals surface area (Å²) in [6.07, 6.45) is -1.20. The average molecular weight is 318 g/mol. The number of alkyl halides is 2. The molecule has 0 saturated carbocycles. The predicted molar refractivity (Wildman–Crippen MR) is 73.4 cm³/mol. The van der Waals surface area contributed by atoms with Gasteiger partial charge >= 0.3 is 0 Å². The topological polar surface area (TPSA) is 32.3 Å². The first-order chi connectivity index (χ1) is 10.4. The third-order valence-electron chi connectivity index (χ3n) is 3.64. The van der Waals surface area contributed by atoms with Crippen molar-refractivity contribution < 1.29 is 22.4 Å². The van der Waals surface area contributed by atoms with Crippen LogP contribution in [0.1, 0.15) is 18.4 Å². The van der Waals surface area contributed by atoms with Gasteiger partial charge in [0.2, 0.25) is 5.91 Å². The molecule has 0 radical (unpaired) electrons.